The molecule has 2 aromatic rings. The summed E-state index contributed by atoms with van der Waals surface area (Å²) in [5.41, 5.74) is 2.16. The number of benzene rings is 2. The Kier molecular flexibility index (Phi) is 4.67. The summed E-state index contributed by atoms with van der Waals surface area (Å²) in [6.45, 7) is 1.83. The molecule has 0 saturated heterocycles. The van der Waals surface area contributed by atoms with Crippen molar-refractivity contribution in [1.82, 2.24) is 0 Å². The number of sulfonamides is 1. The fraction of sp³-hybridized carbons (Fsp3) is 0.278. The van der Waals surface area contributed by atoms with Crippen LogP contribution in [0.3, 0.4) is 0 Å². The summed E-state index contributed by atoms with van der Waals surface area (Å²) in [5, 5.41) is 2.70. The number of anilines is 2. The van der Waals surface area contributed by atoms with E-state index >= 15 is 0 Å². The number of carbonyl (C=O) groups excluding carboxylic acids is 1. The average molecular weight is 360 g/mol. The standard InChI is InChI=1S/C18H20N2O4S/c1-13(21)19-15-6-5-14-4-3-11-20(18(14)12-15)25(22,23)17-9-7-16(24-2)8-10-17/h5-10,12H,3-4,11H2,1-2H3,(H,19,21). The molecule has 0 radical (unpaired) electrons. The zero-order chi connectivity index (χ0) is 18.0. The zero-order valence-electron chi connectivity index (χ0n) is 14.2. The van der Waals surface area contributed by atoms with E-state index < -0.39 is 10.0 Å². The molecule has 0 atom stereocenters. The van der Waals surface area contributed by atoms with E-state index in [1.54, 1.807) is 36.4 Å². The van der Waals surface area contributed by atoms with Crippen LogP contribution >= 0.6 is 0 Å². The second-order valence-electron chi connectivity index (χ2n) is 5.88. The minimum Gasteiger partial charge on any atom is -0.497 e. The summed E-state index contributed by atoms with van der Waals surface area (Å²) in [7, 11) is -2.14. The number of rotatable bonds is 4. The van der Waals surface area contributed by atoms with Crippen molar-refractivity contribution in [2.45, 2.75) is 24.7 Å². The number of carbonyl (C=O) groups is 1. The van der Waals surface area contributed by atoms with Crippen molar-refractivity contribution in [2.24, 2.45) is 0 Å². The van der Waals surface area contributed by atoms with E-state index in [0.29, 0.717) is 23.7 Å². The van der Waals surface area contributed by atoms with Crippen LogP contribution in [0.2, 0.25) is 0 Å². The van der Waals surface area contributed by atoms with Crippen LogP contribution in [-0.4, -0.2) is 28.0 Å². The van der Waals surface area contributed by atoms with Gasteiger partial charge in [-0.2, -0.15) is 0 Å². The minimum atomic E-state index is -3.68. The van der Waals surface area contributed by atoms with Crippen LogP contribution < -0.4 is 14.4 Å². The van der Waals surface area contributed by atoms with Gasteiger partial charge in [0.05, 0.1) is 17.7 Å². The third-order valence-corrected chi connectivity index (χ3v) is 5.96. The number of nitrogens with one attached hydrogen (secondary N) is 1. The normalized spacial score (nSPS) is 13.9. The first-order valence-electron chi connectivity index (χ1n) is 7.99. The second-order valence-corrected chi connectivity index (χ2v) is 7.74. The number of hydrogen-bond acceptors (Lipinski definition) is 4. The van der Waals surface area contributed by atoms with Crippen LogP contribution in [0.25, 0.3) is 0 Å². The predicted octanol–water partition coefficient (Wildman–Crippen LogP) is 2.80. The third kappa shape index (κ3) is 3.46. The molecule has 1 aliphatic rings. The van der Waals surface area contributed by atoms with Gasteiger partial charge in [-0.3, -0.25) is 9.10 Å². The maximum Gasteiger partial charge on any atom is 0.264 e. The molecule has 132 valence electrons. The van der Waals surface area contributed by atoms with Crippen molar-refractivity contribution in [3.05, 3.63) is 48.0 Å². The molecule has 0 spiro atoms. The first-order valence-corrected chi connectivity index (χ1v) is 9.43. The molecule has 0 aliphatic carbocycles. The second kappa shape index (κ2) is 6.76. The smallest absolute Gasteiger partial charge is 0.264 e. The Morgan fingerprint density at radius 1 is 1.16 bits per heavy atom. The highest BCUT2D eigenvalue weighted by Crippen LogP contribution is 2.34. The molecule has 0 aromatic heterocycles. The SMILES string of the molecule is COc1ccc(S(=O)(=O)N2CCCc3ccc(NC(C)=O)cc32)cc1. The van der Waals surface area contributed by atoms with E-state index in [-0.39, 0.29) is 10.8 Å². The minimum absolute atomic E-state index is 0.194. The molecule has 0 saturated carbocycles. The summed E-state index contributed by atoms with van der Waals surface area (Å²) in [6, 6.07) is 11.7. The maximum atomic E-state index is 13.1. The molecule has 1 aliphatic heterocycles. The molecular formula is C18H20N2O4S. The van der Waals surface area contributed by atoms with Crippen LogP contribution in [0.15, 0.2) is 47.4 Å². The van der Waals surface area contributed by atoms with E-state index in [0.717, 1.165) is 18.4 Å². The van der Waals surface area contributed by atoms with Gasteiger partial charge in [-0.05, 0) is 54.8 Å². The van der Waals surface area contributed by atoms with Gasteiger partial charge in [0.15, 0.2) is 0 Å². The summed E-state index contributed by atoms with van der Waals surface area (Å²) in [5.74, 6) is 0.409. The molecule has 0 bridgehead atoms. The highest BCUT2D eigenvalue weighted by atomic mass is 32.2. The number of nitrogens with zero attached hydrogens (tertiary/aromatic N) is 1. The van der Waals surface area contributed by atoms with Crippen molar-refractivity contribution in [1.29, 1.82) is 0 Å². The molecule has 0 fully saturated rings. The van der Waals surface area contributed by atoms with Crippen molar-refractivity contribution < 1.29 is 17.9 Å². The Labute approximate surface area is 147 Å². The van der Waals surface area contributed by atoms with E-state index in [9.17, 15) is 13.2 Å². The van der Waals surface area contributed by atoms with E-state index in [1.165, 1.54) is 18.3 Å². The fourth-order valence-corrected chi connectivity index (χ4v) is 4.48. The third-order valence-electron chi connectivity index (χ3n) is 4.13. The lowest BCUT2D eigenvalue weighted by Gasteiger charge is -2.31. The van der Waals surface area contributed by atoms with E-state index in [4.69, 9.17) is 4.74 Å². The number of ether oxygens (including phenoxy) is 1. The number of fused-ring (bicyclic) bond motifs is 1. The predicted molar refractivity (Wildman–Crippen MR) is 96.6 cm³/mol. The van der Waals surface area contributed by atoms with Crippen molar-refractivity contribution in [2.75, 3.05) is 23.3 Å². The van der Waals surface area contributed by atoms with Crippen LogP contribution in [0.4, 0.5) is 11.4 Å². The molecule has 2 aromatic carbocycles. The molecule has 6 nitrogen and oxygen atoms in total. The van der Waals surface area contributed by atoms with Crippen molar-refractivity contribution >= 4 is 27.3 Å². The molecule has 7 heteroatoms. The number of methoxy groups -OCH3 is 1. The molecule has 1 amide bonds. The van der Waals surface area contributed by atoms with Gasteiger partial charge in [-0.15, -0.1) is 0 Å². The summed E-state index contributed by atoms with van der Waals surface area (Å²) in [6.07, 6.45) is 1.56. The summed E-state index contributed by atoms with van der Waals surface area (Å²) < 4.78 is 32.7. The molecule has 25 heavy (non-hydrogen) atoms. The highest BCUT2D eigenvalue weighted by Gasteiger charge is 2.29. The van der Waals surface area contributed by atoms with Crippen LogP contribution in [-0.2, 0) is 21.2 Å². The highest BCUT2D eigenvalue weighted by molar-refractivity contribution is 7.92. The number of hydrogen-bond donors (Lipinski definition) is 1. The molecule has 3 rings (SSSR count). The monoisotopic (exact) mass is 360 g/mol. The van der Waals surface area contributed by atoms with Crippen molar-refractivity contribution in [3.8, 4) is 5.75 Å². The van der Waals surface area contributed by atoms with Gasteiger partial charge in [0.1, 0.15) is 5.75 Å². The van der Waals surface area contributed by atoms with E-state index in [2.05, 4.69) is 5.32 Å². The van der Waals surface area contributed by atoms with Gasteiger partial charge in [-0.25, -0.2) is 8.42 Å². The average Bonchev–Trinajstić information content (AvgIpc) is 2.60. The maximum absolute atomic E-state index is 13.1. The van der Waals surface area contributed by atoms with Crippen LogP contribution in [0, 0.1) is 0 Å². The van der Waals surface area contributed by atoms with Gasteiger partial charge in [-0.1, -0.05) is 6.07 Å². The van der Waals surface area contributed by atoms with Gasteiger partial charge >= 0.3 is 0 Å². The summed E-state index contributed by atoms with van der Waals surface area (Å²) in [4.78, 5) is 11.5. The molecule has 1 heterocycles. The Morgan fingerprint density at radius 3 is 2.52 bits per heavy atom. The van der Waals surface area contributed by atoms with Crippen LogP contribution in [0.1, 0.15) is 18.9 Å². The lowest BCUT2D eigenvalue weighted by molar-refractivity contribution is -0.114. The fourth-order valence-electron chi connectivity index (χ4n) is 2.95. The van der Waals surface area contributed by atoms with Gasteiger partial charge in [0.25, 0.3) is 10.0 Å². The Hall–Kier alpha value is -2.54. The Morgan fingerprint density at radius 2 is 1.88 bits per heavy atom. The lowest BCUT2D eigenvalue weighted by atomic mass is 10.0. The summed E-state index contributed by atoms with van der Waals surface area (Å²) >= 11 is 0. The molecular weight excluding hydrogens is 340 g/mol. The van der Waals surface area contributed by atoms with Gasteiger partial charge < -0.3 is 10.1 Å². The molecule has 0 unspecified atom stereocenters. The van der Waals surface area contributed by atoms with Gasteiger partial charge in [0, 0.05) is 19.2 Å². The molecule has 1 N–H and O–H groups in total. The van der Waals surface area contributed by atoms with Gasteiger partial charge in [0.2, 0.25) is 5.91 Å². The van der Waals surface area contributed by atoms with Crippen LogP contribution in [0.5, 0.6) is 5.75 Å². The zero-order valence-corrected chi connectivity index (χ0v) is 15.0. The number of aryl methyl sites for hydroxylation is 1. The largest absolute Gasteiger partial charge is 0.497 e. The number of amides is 1. The quantitative estimate of drug-likeness (QED) is 0.910. The Balaban J connectivity index is 2.01. The first kappa shape index (κ1) is 17.3. The topological polar surface area (TPSA) is 75.7 Å². The van der Waals surface area contributed by atoms with Crippen molar-refractivity contribution in [3.63, 3.8) is 0 Å². The lowest BCUT2D eigenvalue weighted by Crippen LogP contribution is -2.35. The first-order chi connectivity index (χ1) is 11.9. The van der Waals surface area contributed by atoms with E-state index in [1.807, 2.05) is 6.07 Å². The Bertz CT molecular complexity index is 892.